The summed E-state index contributed by atoms with van der Waals surface area (Å²) < 4.78 is 10.6. The molecule has 4 aromatic rings. The van der Waals surface area contributed by atoms with E-state index in [1.54, 1.807) is 14.2 Å². The number of methoxy groups -OCH3 is 2. The van der Waals surface area contributed by atoms with Crippen molar-refractivity contribution in [2.75, 3.05) is 14.2 Å². The van der Waals surface area contributed by atoms with Crippen LogP contribution in [0.2, 0.25) is 0 Å². The van der Waals surface area contributed by atoms with Gasteiger partial charge >= 0.3 is 0 Å². The summed E-state index contributed by atoms with van der Waals surface area (Å²) in [4.78, 5) is 5.19. The number of rotatable bonds is 7. The van der Waals surface area contributed by atoms with Gasteiger partial charge < -0.3 is 9.47 Å². The maximum atomic E-state index is 5.34. The first-order valence-electron chi connectivity index (χ1n) is 10.5. The lowest BCUT2D eigenvalue weighted by Crippen LogP contribution is -2.03. The van der Waals surface area contributed by atoms with Gasteiger partial charge in [-0.05, 0) is 48.0 Å². The van der Waals surface area contributed by atoms with Crippen LogP contribution < -0.4 is 9.47 Å². The fourth-order valence-electron chi connectivity index (χ4n) is 3.41. The van der Waals surface area contributed by atoms with Crippen LogP contribution >= 0.6 is 0 Å². The van der Waals surface area contributed by atoms with E-state index in [1.807, 2.05) is 84.9 Å². The zero-order valence-electron chi connectivity index (χ0n) is 18.2. The first-order chi connectivity index (χ1) is 15.8. The van der Waals surface area contributed by atoms with Gasteiger partial charge in [-0.3, -0.25) is 0 Å². The van der Waals surface area contributed by atoms with Crippen LogP contribution in [-0.4, -0.2) is 19.9 Å². The molecule has 3 heteroatoms. The Morgan fingerprint density at radius 1 is 0.562 bits per heavy atom. The van der Waals surface area contributed by atoms with Crippen molar-refractivity contribution in [3.63, 3.8) is 0 Å². The maximum absolute atomic E-state index is 5.34. The van der Waals surface area contributed by atoms with Gasteiger partial charge in [0.15, 0.2) is 0 Å². The molecule has 0 aromatic heterocycles. The molecule has 0 atom stereocenters. The molecule has 0 bridgehead atoms. The quantitative estimate of drug-likeness (QED) is 0.245. The molecule has 0 saturated heterocycles. The van der Waals surface area contributed by atoms with E-state index in [9.17, 15) is 0 Å². The molecule has 0 heterocycles. The van der Waals surface area contributed by atoms with E-state index in [0.29, 0.717) is 0 Å². The average molecular weight is 420 g/mol. The second kappa shape index (κ2) is 10.3. The molecule has 0 amide bonds. The van der Waals surface area contributed by atoms with Gasteiger partial charge in [-0.2, -0.15) is 0 Å². The van der Waals surface area contributed by atoms with E-state index >= 15 is 0 Å². The van der Waals surface area contributed by atoms with Gasteiger partial charge in [-0.15, -0.1) is 0 Å². The van der Waals surface area contributed by atoms with Crippen molar-refractivity contribution >= 4 is 17.5 Å². The van der Waals surface area contributed by atoms with E-state index in [4.69, 9.17) is 14.5 Å². The van der Waals surface area contributed by atoms with Crippen LogP contribution in [0.5, 0.6) is 11.5 Å². The van der Waals surface area contributed by atoms with Crippen LogP contribution in [0.4, 0.5) is 0 Å². The SMILES string of the molecule is COc1ccc(/C=C(/N=C(c2ccccc2)c2ccccc2)c2ccc(OC)cc2)cc1. The third kappa shape index (κ3) is 5.13. The van der Waals surface area contributed by atoms with Gasteiger partial charge in [-0.1, -0.05) is 72.8 Å². The highest BCUT2D eigenvalue weighted by molar-refractivity contribution is 6.15. The topological polar surface area (TPSA) is 30.8 Å². The second-order valence-electron chi connectivity index (χ2n) is 7.22. The molecular formula is C29H25NO2. The van der Waals surface area contributed by atoms with Crippen molar-refractivity contribution in [3.8, 4) is 11.5 Å². The zero-order chi connectivity index (χ0) is 22.2. The van der Waals surface area contributed by atoms with Crippen molar-refractivity contribution in [2.45, 2.75) is 0 Å². The predicted molar refractivity (Wildman–Crippen MR) is 132 cm³/mol. The lowest BCUT2D eigenvalue weighted by atomic mass is 10.0. The zero-order valence-corrected chi connectivity index (χ0v) is 18.2. The van der Waals surface area contributed by atoms with E-state index < -0.39 is 0 Å². The molecular weight excluding hydrogens is 394 g/mol. The standard InChI is InChI=1S/C29H25NO2/c1-31-26-17-13-22(14-18-26)21-28(23-15-19-27(32-2)20-16-23)30-29(24-9-5-3-6-10-24)25-11-7-4-8-12-25/h3-21H,1-2H3/b28-21+. The molecule has 0 radical (unpaired) electrons. The highest BCUT2D eigenvalue weighted by Gasteiger charge is 2.10. The van der Waals surface area contributed by atoms with Gasteiger partial charge in [0.1, 0.15) is 11.5 Å². The molecule has 4 aromatic carbocycles. The van der Waals surface area contributed by atoms with Gasteiger partial charge in [0.25, 0.3) is 0 Å². The molecule has 32 heavy (non-hydrogen) atoms. The molecule has 4 rings (SSSR count). The second-order valence-corrected chi connectivity index (χ2v) is 7.22. The molecule has 0 fully saturated rings. The molecule has 0 aliphatic heterocycles. The first-order valence-corrected chi connectivity index (χ1v) is 10.5. The third-order valence-corrected chi connectivity index (χ3v) is 5.13. The van der Waals surface area contributed by atoms with Crippen molar-refractivity contribution < 1.29 is 9.47 Å². The smallest absolute Gasteiger partial charge is 0.118 e. The Balaban J connectivity index is 1.87. The van der Waals surface area contributed by atoms with Gasteiger partial charge in [0.05, 0.1) is 25.6 Å². The molecule has 0 spiro atoms. The van der Waals surface area contributed by atoms with E-state index in [0.717, 1.165) is 45.2 Å². The summed E-state index contributed by atoms with van der Waals surface area (Å²) in [5.41, 5.74) is 5.95. The molecule has 158 valence electrons. The van der Waals surface area contributed by atoms with Crippen LogP contribution in [0.1, 0.15) is 22.3 Å². The summed E-state index contributed by atoms with van der Waals surface area (Å²) in [6.07, 6.45) is 2.09. The Kier molecular flexibility index (Phi) is 6.78. The summed E-state index contributed by atoms with van der Waals surface area (Å²) in [5.74, 6) is 1.64. The Morgan fingerprint density at radius 3 is 1.50 bits per heavy atom. The molecule has 0 aliphatic rings. The number of hydrogen-bond acceptors (Lipinski definition) is 3. The highest BCUT2D eigenvalue weighted by Crippen LogP contribution is 2.25. The van der Waals surface area contributed by atoms with E-state index in [2.05, 4.69) is 30.3 Å². The third-order valence-electron chi connectivity index (χ3n) is 5.13. The fraction of sp³-hybridized carbons (Fsp3) is 0.0690. The highest BCUT2D eigenvalue weighted by atomic mass is 16.5. The first kappa shape index (κ1) is 21.1. The van der Waals surface area contributed by atoms with Crippen LogP contribution in [-0.2, 0) is 0 Å². The summed E-state index contributed by atoms with van der Waals surface area (Å²) >= 11 is 0. The minimum absolute atomic E-state index is 0.813. The van der Waals surface area contributed by atoms with Gasteiger partial charge in [-0.25, -0.2) is 4.99 Å². The molecule has 0 N–H and O–H groups in total. The maximum Gasteiger partial charge on any atom is 0.118 e. The lowest BCUT2D eigenvalue weighted by Gasteiger charge is -2.11. The summed E-state index contributed by atoms with van der Waals surface area (Å²) in [6.45, 7) is 0. The average Bonchev–Trinajstić information content (AvgIpc) is 2.88. The van der Waals surface area contributed by atoms with Crippen molar-refractivity contribution in [3.05, 3.63) is 131 Å². The van der Waals surface area contributed by atoms with Gasteiger partial charge in [0.2, 0.25) is 0 Å². The lowest BCUT2D eigenvalue weighted by molar-refractivity contribution is 0.414. The summed E-state index contributed by atoms with van der Waals surface area (Å²) in [7, 11) is 3.34. The molecule has 0 saturated carbocycles. The van der Waals surface area contributed by atoms with E-state index in [-0.39, 0.29) is 0 Å². The van der Waals surface area contributed by atoms with Crippen LogP contribution in [0.15, 0.2) is 114 Å². The number of benzene rings is 4. The number of aliphatic imine (C=N–C) groups is 1. The van der Waals surface area contributed by atoms with Crippen molar-refractivity contribution in [2.24, 2.45) is 4.99 Å². The Hall–Kier alpha value is -4.11. The normalized spacial score (nSPS) is 11.0. The number of hydrogen-bond donors (Lipinski definition) is 0. The van der Waals surface area contributed by atoms with Crippen LogP contribution in [0.3, 0.4) is 0 Å². The predicted octanol–water partition coefficient (Wildman–Crippen LogP) is 6.74. The largest absolute Gasteiger partial charge is 0.497 e. The number of nitrogens with zero attached hydrogens (tertiary/aromatic N) is 1. The molecule has 0 aliphatic carbocycles. The van der Waals surface area contributed by atoms with Crippen LogP contribution in [0, 0.1) is 0 Å². The molecule has 3 nitrogen and oxygen atoms in total. The Bertz CT molecular complexity index is 1150. The minimum atomic E-state index is 0.813. The Labute approximate surface area is 189 Å². The summed E-state index contributed by atoms with van der Waals surface area (Å²) in [6, 6.07) is 36.5. The monoisotopic (exact) mass is 419 g/mol. The number of ether oxygens (including phenoxy) is 2. The minimum Gasteiger partial charge on any atom is -0.497 e. The summed E-state index contributed by atoms with van der Waals surface area (Å²) in [5, 5.41) is 0. The van der Waals surface area contributed by atoms with Gasteiger partial charge in [0, 0.05) is 16.7 Å². The Morgan fingerprint density at radius 2 is 1.03 bits per heavy atom. The molecule has 0 unspecified atom stereocenters. The van der Waals surface area contributed by atoms with E-state index in [1.165, 1.54) is 0 Å². The van der Waals surface area contributed by atoms with Crippen LogP contribution in [0.25, 0.3) is 11.8 Å². The van der Waals surface area contributed by atoms with Crippen molar-refractivity contribution in [1.29, 1.82) is 0 Å². The fourth-order valence-corrected chi connectivity index (χ4v) is 3.41. The van der Waals surface area contributed by atoms with Crippen molar-refractivity contribution in [1.82, 2.24) is 0 Å².